The van der Waals surface area contributed by atoms with E-state index in [1.165, 1.54) is 6.20 Å². The molecule has 0 spiro atoms. The maximum atomic E-state index is 14.0. The monoisotopic (exact) mass is 1110 g/mol. The first-order valence-corrected chi connectivity index (χ1v) is 29.0. The van der Waals surface area contributed by atoms with Crippen LogP contribution in [0.3, 0.4) is 0 Å². The molecule has 77 heavy (non-hydrogen) atoms. The van der Waals surface area contributed by atoms with Crippen molar-refractivity contribution in [2.75, 3.05) is 56.6 Å². The number of piperidine rings is 1. The lowest BCUT2D eigenvalue weighted by Crippen LogP contribution is -2.58. The summed E-state index contributed by atoms with van der Waals surface area (Å²) >= 11 is 8.11. The second-order valence-corrected chi connectivity index (χ2v) is 25.0. The number of rotatable bonds is 22. The van der Waals surface area contributed by atoms with E-state index >= 15 is 0 Å². The van der Waals surface area contributed by atoms with Crippen molar-refractivity contribution in [3.05, 3.63) is 99.8 Å². The molecule has 0 saturated carbocycles. The number of hydrogen-bond donors (Lipinski definition) is 5. The van der Waals surface area contributed by atoms with Gasteiger partial charge < -0.3 is 41.0 Å². The average Bonchev–Trinajstić information content (AvgIpc) is 4.06. The van der Waals surface area contributed by atoms with Crippen LogP contribution in [0.15, 0.2) is 77.3 Å². The quantitative estimate of drug-likeness (QED) is 0.0410. The number of benzene rings is 3. The molecule has 0 aliphatic carbocycles. The van der Waals surface area contributed by atoms with Crippen molar-refractivity contribution in [1.29, 1.82) is 0 Å². The Labute approximate surface area is 461 Å². The standard InChI is InChI=1S/C56H73ClN10O8S2/c1-34(2)75-46-28-41(36(5)27-44(46)63-55-60-30-42(57)52(65-55)62-43-13-10-11-15-47(43)77(72,73)35(3)4)39-20-24-66(25-21-39)31-48(68)58-22-26-74-32-49(69)64-51(56(7,8)9)54(71)67-23-12-14-45(67)53(70)59-29-38-16-18-40(19-17-38)50-37(6)61-33-76-50/h10-11,13,15-19,27-28,30,33-35,39,45,51H,12,14,20-26,29,31-32H2,1-9H3,(H,58,68)(H,59,70)(H,64,69)(H2,60,62,63,65)/t45-,51+/m0/s1. The number of amides is 4. The predicted octanol–water partition coefficient (Wildman–Crippen LogP) is 8.48. The Morgan fingerprint density at radius 1 is 0.883 bits per heavy atom. The normalized spacial score (nSPS) is 15.8. The highest BCUT2D eigenvalue weighted by Crippen LogP contribution is 2.39. The molecule has 3 aromatic carbocycles. The second-order valence-electron chi connectivity index (χ2n) is 21.3. The number of thiazole rings is 1. The Balaban J connectivity index is 0.846. The van der Waals surface area contributed by atoms with Gasteiger partial charge in [-0.05, 0) is 138 Å². The number of nitrogens with zero attached hydrogens (tertiary/aromatic N) is 5. The SMILES string of the molecule is Cc1cc(Nc2ncc(Cl)c(Nc3ccccc3S(=O)(=O)C(C)C)n2)c(OC(C)C)cc1C1CCN(CC(=O)NCCOCC(=O)N[C@H](C(=O)N2CCC[C@H]2C(=O)NCc2ccc(-c3scnc3C)cc2)C(C)(C)C)CC1. The molecular weight excluding hydrogens is 1040 g/mol. The van der Waals surface area contributed by atoms with Crippen molar-refractivity contribution in [2.45, 2.75) is 129 Å². The summed E-state index contributed by atoms with van der Waals surface area (Å²) in [6, 6.07) is 17.2. The van der Waals surface area contributed by atoms with Gasteiger partial charge in [-0.1, -0.05) is 68.8 Å². The van der Waals surface area contributed by atoms with E-state index in [9.17, 15) is 27.6 Å². The molecule has 21 heteroatoms. The van der Waals surface area contributed by atoms with Gasteiger partial charge in [0.15, 0.2) is 15.7 Å². The van der Waals surface area contributed by atoms with Gasteiger partial charge >= 0.3 is 0 Å². The molecule has 2 aromatic heterocycles. The summed E-state index contributed by atoms with van der Waals surface area (Å²) in [4.78, 5) is 72.0. The van der Waals surface area contributed by atoms with Crippen LogP contribution < -0.4 is 31.3 Å². The number of ether oxygens (including phenoxy) is 2. The molecule has 2 fully saturated rings. The molecule has 414 valence electrons. The highest BCUT2D eigenvalue weighted by molar-refractivity contribution is 7.92. The fourth-order valence-electron chi connectivity index (χ4n) is 9.50. The first-order valence-electron chi connectivity index (χ1n) is 26.2. The van der Waals surface area contributed by atoms with Crippen LogP contribution in [0.5, 0.6) is 5.75 Å². The molecule has 7 rings (SSSR count). The lowest BCUT2D eigenvalue weighted by Gasteiger charge is -2.35. The van der Waals surface area contributed by atoms with E-state index < -0.39 is 38.5 Å². The minimum absolute atomic E-state index is 0.101. The van der Waals surface area contributed by atoms with Crippen molar-refractivity contribution >= 4 is 79.5 Å². The van der Waals surface area contributed by atoms with Crippen molar-refractivity contribution in [2.24, 2.45) is 5.41 Å². The van der Waals surface area contributed by atoms with Crippen molar-refractivity contribution in [3.63, 3.8) is 0 Å². The number of carbonyl (C=O) groups is 4. The summed E-state index contributed by atoms with van der Waals surface area (Å²) in [6.45, 7) is 19.2. The van der Waals surface area contributed by atoms with Crippen LogP contribution in [-0.2, 0) is 40.3 Å². The largest absolute Gasteiger partial charge is 0.489 e. The van der Waals surface area contributed by atoms with Crippen LogP contribution in [0.25, 0.3) is 10.4 Å². The Morgan fingerprint density at radius 3 is 2.29 bits per heavy atom. The van der Waals surface area contributed by atoms with E-state index in [0.29, 0.717) is 56.1 Å². The zero-order valence-electron chi connectivity index (χ0n) is 45.5. The van der Waals surface area contributed by atoms with E-state index in [0.717, 1.165) is 45.7 Å². The van der Waals surface area contributed by atoms with Gasteiger partial charge in [-0.25, -0.2) is 18.4 Å². The molecule has 18 nitrogen and oxygen atoms in total. The number of aryl methyl sites for hydroxylation is 2. The third kappa shape index (κ3) is 15.3. The van der Waals surface area contributed by atoms with Crippen LogP contribution in [-0.4, -0.2) is 126 Å². The summed E-state index contributed by atoms with van der Waals surface area (Å²) in [5.41, 5.74) is 7.37. The fourth-order valence-corrected chi connectivity index (χ4v) is 11.6. The third-order valence-corrected chi connectivity index (χ3v) is 17.1. The van der Waals surface area contributed by atoms with E-state index in [-0.39, 0.29) is 77.7 Å². The summed E-state index contributed by atoms with van der Waals surface area (Å²) in [6.07, 6.45) is 4.18. The third-order valence-electron chi connectivity index (χ3n) is 13.7. The number of hydrogen-bond acceptors (Lipinski definition) is 15. The zero-order valence-corrected chi connectivity index (χ0v) is 47.9. The minimum atomic E-state index is -3.60. The smallest absolute Gasteiger partial charge is 0.246 e. The molecule has 5 N–H and O–H groups in total. The number of nitrogens with one attached hydrogen (secondary N) is 5. The first kappa shape index (κ1) is 58.5. The van der Waals surface area contributed by atoms with Gasteiger partial charge in [0.25, 0.3) is 0 Å². The number of carbonyl (C=O) groups excluding carboxylic acids is 4. The van der Waals surface area contributed by atoms with Crippen LogP contribution in [0, 0.1) is 19.3 Å². The molecule has 4 heterocycles. The minimum Gasteiger partial charge on any atom is -0.489 e. The van der Waals surface area contributed by atoms with Gasteiger partial charge in [0, 0.05) is 19.6 Å². The highest BCUT2D eigenvalue weighted by atomic mass is 35.5. The van der Waals surface area contributed by atoms with E-state index in [2.05, 4.69) is 59.4 Å². The van der Waals surface area contributed by atoms with Crippen LogP contribution in [0.1, 0.15) is 102 Å². The lowest BCUT2D eigenvalue weighted by atomic mass is 9.85. The average molecular weight is 1110 g/mol. The number of aromatic nitrogens is 3. The van der Waals surface area contributed by atoms with Gasteiger partial charge in [0.2, 0.25) is 29.6 Å². The molecule has 2 aliphatic rings. The Bertz CT molecular complexity index is 2990. The maximum Gasteiger partial charge on any atom is 0.246 e. The summed E-state index contributed by atoms with van der Waals surface area (Å²) in [5.74, 6) is 0.167. The van der Waals surface area contributed by atoms with E-state index in [4.69, 9.17) is 21.1 Å². The topological polar surface area (TPSA) is 226 Å². The Hall–Kier alpha value is -6.19. The molecule has 2 saturated heterocycles. The van der Waals surface area contributed by atoms with Gasteiger partial charge in [0.05, 0.1) is 63.1 Å². The molecule has 4 amide bonds. The van der Waals surface area contributed by atoms with Gasteiger partial charge in [0.1, 0.15) is 29.5 Å². The summed E-state index contributed by atoms with van der Waals surface area (Å²) in [7, 11) is -3.60. The number of anilines is 4. The number of para-hydroxylation sites is 1. The predicted molar refractivity (Wildman–Crippen MR) is 302 cm³/mol. The molecule has 2 atom stereocenters. The Kier molecular flexibility index (Phi) is 19.7. The fraction of sp³-hybridized carbons (Fsp3) is 0.482. The van der Waals surface area contributed by atoms with Crippen LogP contribution in [0.4, 0.5) is 23.1 Å². The number of likely N-dealkylation sites (tertiary alicyclic amines) is 2. The molecule has 5 aromatic rings. The highest BCUT2D eigenvalue weighted by Gasteiger charge is 2.42. The van der Waals surface area contributed by atoms with E-state index in [1.807, 2.05) is 77.4 Å². The van der Waals surface area contributed by atoms with Gasteiger partial charge in [-0.15, -0.1) is 11.3 Å². The molecule has 0 bridgehead atoms. The molecule has 2 aliphatic heterocycles. The Morgan fingerprint density at radius 2 is 1.61 bits per heavy atom. The summed E-state index contributed by atoms with van der Waals surface area (Å²) in [5, 5.41) is 14.8. The number of sulfone groups is 1. The van der Waals surface area contributed by atoms with Crippen LogP contribution in [0.2, 0.25) is 5.02 Å². The molecular formula is C56H73ClN10O8S2. The van der Waals surface area contributed by atoms with E-state index in [1.54, 1.807) is 54.3 Å². The first-order chi connectivity index (χ1) is 36.6. The van der Waals surface area contributed by atoms with Gasteiger partial charge in [-0.3, -0.25) is 24.1 Å². The van der Waals surface area contributed by atoms with Crippen LogP contribution >= 0.6 is 22.9 Å². The van der Waals surface area contributed by atoms with Gasteiger partial charge in [-0.2, -0.15) is 4.98 Å². The van der Waals surface area contributed by atoms with Crippen molar-refractivity contribution in [1.82, 2.24) is 40.7 Å². The second kappa shape index (κ2) is 26.0. The lowest BCUT2D eigenvalue weighted by molar-refractivity contribution is -0.144. The summed E-state index contributed by atoms with van der Waals surface area (Å²) < 4.78 is 38.2. The zero-order chi connectivity index (χ0) is 55.6. The van der Waals surface area contributed by atoms with Crippen molar-refractivity contribution in [3.8, 4) is 16.2 Å². The molecule has 0 radical (unpaired) electrons. The van der Waals surface area contributed by atoms with Crippen molar-refractivity contribution < 1.29 is 37.1 Å². The maximum absolute atomic E-state index is 14.0. The molecule has 0 unspecified atom stereocenters. The number of halogens is 1.